The van der Waals surface area contributed by atoms with Gasteiger partial charge in [0.25, 0.3) is 0 Å². The van der Waals surface area contributed by atoms with Crippen LogP contribution in [0.1, 0.15) is 23.3 Å². The third-order valence-corrected chi connectivity index (χ3v) is 3.98. The molecule has 0 amide bonds. The summed E-state index contributed by atoms with van der Waals surface area (Å²) in [4.78, 5) is 4.24. The molecule has 1 heterocycles. The molecule has 2 N–H and O–H groups in total. The van der Waals surface area contributed by atoms with Crippen molar-refractivity contribution < 1.29 is 13.9 Å². The van der Waals surface area contributed by atoms with Gasteiger partial charge in [-0.05, 0) is 49.1 Å². The highest BCUT2D eigenvalue weighted by molar-refractivity contribution is 14.0. The topological polar surface area (TPSA) is 68.0 Å². The number of methoxy groups -OCH3 is 1. The molecule has 0 saturated heterocycles. The molecule has 0 spiro atoms. The van der Waals surface area contributed by atoms with E-state index in [4.69, 9.17) is 13.9 Å². The van der Waals surface area contributed by atoms with Crippen LogP contribution in [0.4, 0.5) is 0 Å². The molecule has 0 bridgehead atoms. The molecule has 7 heteroatoms. The molecule has 0 saturated carbocycles. The number of ether oxygens (including phenoxy) is 2. The summed E-state index contributed by atoms with van der Waals surface area (Å²) in [5.74, 6) is 2.58. The number of benzene rings is 1. The molecular weight excluding hydrogens is 457 g/mol. The summed E-state index contributed by atoms with van der Waals surface area (Å²) in [6.45, 7) is 4.84. The van der Waals surface area contributed by atoms with E-state index in [9.17, 15) is 0 Å². The van der Waals surface area contributed by atoms with Gasteiger partial charge in [0.2, 0.25) is 0 Å². The number of rotatable bonds is 10. The number of nitrogens with zero attached hydrogens (tertiary/aromatic N) is 1. The van der Waals surface area contributed by atoms with Crippen molar-refractivity contribution in [1.82, 2.24) is 10.6 Å². The first-order chi connectivity index (χ1) is 12.7. The minimum Gasteiger partial charge on any atom is -0.496 e. The maximum Gasteiger partial charge on any atom is 0.190 e. The molecule has 1 aromatic carbocycles. The van der Waals surface area contributed by atoms with Gasteiger partial charge in [-0.2, -0.15) is 0 Å². The Morgan fingerprint density at radius 3 is 2.70 bits per heavy atom. The number of aliphatic imine (C=N–C) groups is 1. The number of aryl methyl sites for hydroxylation is 1. The maximum absolute atomic E-state index is 5.56. The lowest BCUT2D eigenvalue weighted by Crippen LogP contribution is -2.39. The van der Waals surface area contributed by atoms with Crippen molar-refractivity contribution in [3.63, 3.8) is 0 Å². The normalized spacial score (nSPS) is 11.0. The highest BCUT2D eigenvalue weighted by atomic mass is 127. The van der Waals surface area contributed by atoms with Crippen LogP contribution >= 0.6 is 24.0 Å². The zero-order valence-corrected chi connectivity index (χ0v) is 18.6. The van der Waals surface area contributed by atoms with Crippen molar-refractivity contribution in [1.29, 1.82) is 0 Å². The first-order valence-electron chi connectivity index (χ1n) is 8.91. The SMILES string of the molecule is CN=C(NCCCOCc1ccco1)NCCc1ccc(C)c(OC)c1.I. The van der Waals surface area contributed by atoms with Gasteiger partial charge < -0.3 is 24.5 Å². The third-order valence-electron chi connectivity index (χ3n) is 3.98. The van der Waals surface area contributed by atoms with Crippen LogP contribution in [0.15, 0.2) is 46.0 Å². The number of guanidine groups is 1. The van der Waals surface area contributed by atoms with E-state index >= 15 is 0 Å². The van der Waals surface area contributed by atoms with E-state index in [0.717, 1.165) is 49.0 Å². The number of hydrogen-bond acceptors (Lipinski definition) is 4. The second-order valence-corrected chi connectivity index (χ2v) is 5.97. The molecule has 6 nitrogen and oxygen atoms in total. The Hall–Kier alpha value is -1.74. The van der Waals surface area contributed by atoms with Crippen LogP contribution in [0.3, 0.4) is 0 Å². The zero-order valence-electron chi connectivity index (χ0n) is 16.3. The smallest absolute Gasteiger partial charge is 0.190 e. The van der Waals surface area contributed by atoms with Gasteiger partial charge in [-0.1, -0.05) is 12.1 Å². The van der Waals surface area contributed by atoms with Crippen molar-refractivity contribution >= 4 is 29.9 Å². The maximum atomic E-state index is 5.56. The first kappa shape index (κ1) is 23.3. The summed E-state index contributed by atoms with van der Waals surface area (Å²) in [7, 11) is 3.48. The summed E-state index contributed by atoms with van der Waals surface area (Å²) in [5, 5.41) is 6.62. The Labute approximate surface area is 178 Å². The quantitative estimate of drug-likeness (QED) is 0.232. The van der Waals surface area contributed by atoms with E-state index in [0.29, 0.717) is 13.2 Å². The molecule has 0 aliphatic heterocycles. The monoisotopic (exact) mass is 487 g/mol. The van der Waals surface area contributed by atoms with E-state index in [-0.39, 0.29) is 24.0 Å². The van der Waals surface area contributed by atoms with Crippen LogP contribution in [-0.2, 0) is 17.8 Å². The second kappa shape index (κ2) is 13.4. The van der Waals surface area contributed by atoms with Crippen LogP contribution in [0, 0.1) is 6.92 Å². The lowest BCUT2D eigenvalue weighted by molar-refractivity contribution is 0.105. The van der Waals surface area contributed by atoms with E-state index in [1.807, 2.05) is 19.1 Å². The molecule has 150 valence electrons. The molecule has 2 rings (SSSR count). The van der Waals surface area contributed by atoms with Crippen LogP contribution in [0.5, 0.6) is 5.75 Å². The zero-order chi connectivity index (χ0) is 18.6. The Morgan fingerprint density at radius 2 is 2.00 bits per heavy atom. The number of nitrogens with one attached hydrogen (secondary N) is 2. The van der Waals surface area contributed by atoms with Crippen molar-refractivity contribution in [2.75, 3.05) is 33.9 Å². The minimum absolute atomic E-state index is 0. The van der Waals surface area contributed by atoms with Gasteiger partial charge in [0.1, 0.15) is 18.1 Å². The highest BCUT2D eigenvalue weighted by Crippen LogP contribution is 2.18. The van der Waals surface area contributed by atoms with E-state index in [2.05, 4.69) is 33.8 Å². The summed E-state index contributed by atoms with van der Waals surface area (Å²) in [6, 6.07) is 10.1. The molecular formula is C20H30IN3O3. The number of furan rings is 1. The lowest BCUT2D eigenvalue weighted by atomic mass is 10.1. The Bertz CT molecular complexity index is 675. The highest BCUT2D eigenvalue weighted by Gasteiger charge is 2.02. The van der Waals surface area contributed by atoms with Gasteiger partial charge in [0.15, 0.2) is 5.96 Å². The largest absolute Gasteiger partial charge is 0.496 e. The summed E-state index contributed by atoms with van der Waals surface area (Å²) < 4.78 is 16.1. The summed E-state index contributed by atoms with van der Waals surface area (Å²) in [6.07, 6.45) is 3.46. The van der Waals surface area contributed by atoms with Gasteiger partial charge in [-0.25, -0.2) is 0 Å². The first-order valence-corrected chi connectivity index (χ1v) is 8.91. The molecule has 0 atom stereocenters. The van der Waals surface area contributed by atoms with Crippen LogP contribution in [0.25, 0.3) is 0 Å². The fourth-order valence-electron chi connectivity index (χ4n) is 2.51. The fraction of sp³-hybridized carbons (Fsp3) is 0.450. The molecule has 2 aromatic rings. The summed E-state index contributed by atoms with van der Waals surface area (Å²) in [5.41, 5.74) is 2.39. The molecule has 0 aliphatic carbocycles. The number of hydrogen-bond donors (Lipinski definition) is 2. The van der Waals surface area contributed by atoms with Crippen LogP contribution < -0.4 is 15.4 Å². The predicted molar refractivity (Wildman–Crippen MR) is 119 cm³/mol. The molecule has 0 unspecified atom stereocenters. The average Bonchev–Trinajstić information content (AvgIpc) is 3.17. The van der Waals surface area contributed by atoms with Crippen molar-refractivity contribution in [3.05, 3.63) is 53.5 Å². The van der Waals surface area contributed by atoms with Gasteiger partial charge in [0.05, 0.1) is 13.4 Å². The Balaban J connectivity index is 0.00000364. The van der Waals surface area contributed by atoms with Gasteiger partial charge in [0, 0.05) is 26.7 Å². The predicted octanol–water partition coefficient (Wildman–Crippen LogP) is 3.53. The van der Waals surface area contributed by atoms with Crippen LogP contribution in [-0.4, -0.2) is 39.8 Å². The van der Waals surface area contributed by atoms with E-state index < -0.39 is 0 Å². The number of halogens is 1. The standard InChI is InChI=1S/C20H29N3O3.HI/c1-16-7-8-17(14-19(16)24-3)9-11-23-20(21-2)22-10-5-12-25-15-18-6-4-13-26-18;/h4,6-8,13-14H,5,9-12,15H2,1-3H3,(H2,21,22,23);1H. The fourth-order valence-corrected chi connectivity index (χ4v) is 2.51. The van der Waals surface area contributed by atoms with E-state index in [1.54, 1.807) is 20.4 Å². The van der Waals surface area contributed by atoms with Crippen LogP contribution in [0.2, 0.25) is 0 Å². The lowest BCUT2D eigenvalue weighted by Gasteiger charge is -2.12. The van der Waals surface area contributed by atoms with Crippen molar-refractivity contribution in [2.45, 2.75) is 26.4 Å². The second-order valence-electron chi connectivity index (χ2n) is 5.97. The van der Waals surface area contributed by atoms with Gasteiger partial charge >= 0.3 is 0 Å². The minimum atomic E-state index is 0. The van der Waals surface area contributed by atoms with Gasteiger partial charge in [-0.3, -0.25) is 4.99 Å². The molecule has 0 aliphatic rings. The third kappa shape index (κ3) is 8.66. The molecule has 27 heavy (non-hydrogen) atoms. The molecule has 0 fully saturated rings. The van der Waals surface area contributed by atoms with E-state index in [1.165, 1.54) is 5.56 Å². The molecule has 0 radical (unpaired) electrons. The molecule has 1 aromatic heterocycles. The van der Waals surface area contributed by atoms with Crippen molar-refractivity contribution in [2.24, 2.45) is 4.99 Å². The average molecular weight is 487 g/mol. The summed E-state index contributed by atoms with van der Waals surface area (Å²) >= 11 is 0. The van der Waals surface area contributed by atoms with Gasteiger partial charge in [-0.15, -0.1) is 24.0 Å². The van der Waals surface area contributed by atoms with Crippen molar-refractivity contribution in [3.8, 4) is 5.75 Å². The Kier molecular flexibility index (Phi) is 11.6. The Morgan fingerprint density at radius 1 is 1.19 bits per heavy atom.